The fourth-order valence-corrected chi connectivity index (χ4v) is 5.04. The summed E-state index contributed by atoms with van der Waals surface area (Å²) in [5, 5.41) is 5.93. The van der Waals surface area contributed by atoms with E-state index in [1.54, 1.807) is 41.4 Å². The summed E-state index contributed by atoms with van der Waals surface area (Å²) in [4.78, 5) is 45.7. The normalized spacial score (nSPS) is 14.2. The van der Waals surface area contributed by atoms with Gasteiger partial charge in [-0.1, -0.05) is 67.3 Å². The molecule has 1 aliphatic rings. The van der Waals surface area contributed by atoms with Crippen LogP contribution in [-0.4, -0.2) is 33.6 Å². The van der Waals surface area contributed by atoms with Gasteiger partial charge in [0.1, 0.15) is 17.7 Å². The van der Waals surface area contributed by atoms with E-state index in [0.29, 0.717) is 23.4 Å². The van der Waals surface area contributed by atoms with E-state index in [-0.39, 0.29) is 49.0 Å². The molecule has 1 heterocycles. The van der Waals surface area contributed by atoms with E-state index in [0.717, 1.165) is 37.7 Å². The predicted octanol–water partition coefficient (Wildman–Crippen LogP) is 5.86. The van der Waals surface area contributed by atoms with Gasteiger partial charge in [0.05, 0.1) is 0 Å². The number of hydrogen-bond donors (Lipinski definition) is 2. The smallest absolute Gasteiger partial charge is 0.247 e. The largest absolute Gasteiger partial charge is 0.351 e. The highest BCUT2D eigenvalue weighted by atomic mass is 19.1. The Morgan fingerprint density at radius 1 is 0.950 bits per heavy atom. The first-order chi connectivity index (χ1) is 19.4. The number of halogens is 1. The van der Waals surface area contributed by atoms with Crippen LogP contribution in [0.4, 0.5) is 10.2 Å². The maximum Gasteiger partial charge on any atom is 0.247 e. The minimum Gasteiger partial charge on any atom is -0.351 e. The second kappa shape index (κ2) is 14.4. The Balaban J connectivity index is 1.54. The van der Waals surface area contributed by atoms with Crippen LogP contribution in [0, 0.1) is 12.7 Å². The van der Waals surface area contributed by atoms with Crippen LogP contribution in [0.1, 0.15) is 74.1 Å². The Hall–Kier alpha value is -4.07. The second-order valence-corrected chi connectivity index (χ2v) is 10.4. The molecule has 0 spiro atoms. The quantitative estimate of drug-likeness (QED) is 0.317. The molecule has 4 rings (SSSR count). The van der Waals surface area contributed by atoms with Crippen molar-refractivity contribution in [3.8, 4) is 0 Å². The van der Waals surface area contributed by atoms with Gasteiger partial charge in [-0.15, -0.1) is 0 Å². The van der Waals surface area contributed by atoms with Crippen molar-refractivity contribution in [2.45, 2.75) is 76.9 Å². The van der Waals surface area contributed by atoms with Gasteiger partial charge >= 0.3 is 0 Å². The molecule has 3 aromatic rings. The summed E-state index contributed by atoms with van der Waals surface area (Å²) in [6.45, 7) is 2.11. The molecule has 0 bridgehead atoms. The summed E-state index contributed by atoms with van der Waals surface area (Å²) in [5.74, 6) is -0.624. The molecule has 7 nitrogen and oxygen atoms in total. The third kappa shape index (κ3) is 8.46. The zero-order valence-corrected chi connectivity index (χ0v) is 22.9. The topological polar surface area (TPSA) is 91.4 Å². The Morgan fingerprint density at radius 3 is 2.35 bits per heavy atom. The van der Waals surface area contributed by atoms with Crippen molar-refractivity contribution in [3.05, 3.63) is 95.4 Å². The highest BCUT2D eigenvalue weighted by Crippen LogP contribution is 2.27. The van der Waals surface area contributed by atoms with Crippen molar-refractivity contribution in [3.63, 3.8) is 0 Å². The van der Waals surface area contributed by atoms with Crippen LogP contribution in [0.5, 0.6) is 0 Å². The maximum absolute atomic E-state index is 13.8. The van der Waals surface area contributed by atoms with Gasteiger partial charge in [0, 0.05) is 31.6 Å². The van der Waals surface area contributed by atoms with E-state index in [1.807, 2.05) is 31.2 Å². The maximum atomic E-state index is 13.8. The zero-order valence-electron chi connectivity index (χ0n) is 22.9. The molecule has 1 aliphatic carbocycles. The molecule has 1 aromatic heterocycles. The molecule has 1 atom stereocenters. The fraction of sp³-hybridized carbons (Fsp3) is 0.375. The van der Waals surface area contributed by atoms with Gasteiger partial charge in [0.15, 0.2) is 0 Å². The number of amides is 3. The summed E-state index contributed by atoms with van der Waals surface area (Å²) in [5.41, 5.74) is 2.47. The number of aryl methyl sites for hydroxylation is 1. The van der Waals surface area contributed by atoms with Crippen LogP contribution in [0.3, 0.4) is 0 Å². The van der Waals surface area contributed by atoms with Crippen molar-refractivity contribution >= 4 is 23.5 Å². The molecular formula is C32H37FN4O3. The summed E-state index contributed by atoms with van der Waals surface area (Å²) in [6, 6.07) is 18.0. The minimum atomic E-state index is -0.859. The number of anilines is 1. The third-order valence-electron chi connectivity index (χ3n) is 7.22. The van der Waals surface area contributed by atoms with Gasteiger partial charge in [0.25, 0.3) is 0 Å². The highest BCUT2D eigenvalue weighted by Gasteiger charge is 2.33. The van der Waals surface area contributed by atoms with Gasteiger partial charge in [-0.05, 0) is 61.6 Å². The van der Waals surface area contributed by atoms with E-state index in [1.165, 1.54) is 12.1 Å². The Morgan fingerprint density at radius 2 is 1.68 bits per heavy atom. The number of carbonyl (C=O) groups excluding carboxylic acids is 3. The number of rotatable bonds is 11. The molecule has 1 saturated carbocycles. The number of nitrogens with zero attached hydrogens (tertiary/aromatic N) is 2. The van der Waals surface area contributed by atoms with Crippen LogP contribution in [0.15, 0.2) is 72.9 Å². The second-order valence-electron chi connectivity index (χ2n) is 10.4. The van der Waals surface area contributed by atoms with Crippen LogP contribution < -0.4 is 10.6 Å². The molecule has 0 saturated heterocycles. The lowest BCUT2D eigenvalue weighted by molar-refractivity contribution is -0.142. The van der Waals surface area contributed by atoms with Crippen LogP contribution in [0.2, 0.25) is 0 Å². The van der Waals surface area contributed by atoms with E-state index >= 15 is 0 Å². The SMILES string of the molecule is Cc1ccc([C@H](C(=O)NC2CCCCC2)N(Cc2ccc(F)cc2)C(=O)CCCC(=O)Nc2ccccn2)cc1. The van der Waals surface area contributed by atoms with Crippen LogP contribution in [0.25, 0.3) is 0 Å². The van der Waals surface area contributed by atoms with Crippen molar-refractivity contribution in [1.29, 1.82) is 0 Å². The summed E-state index contributed by atoms with van der Waals surface area (Å²) < 4.78 is 13.6. The molecule has 40 heavy (non-hydrogen) atoms. The molecule has 210 valence electrons. The van der Waals surface area contributed by atoms with Crippen LogP contribution in [-0.2, 0) is 20.9 Å². The first-order valence-corrected chi connectivity index (χ1v) is 14.0. The fourth-order valence-electron chi connectivity index (χ4n) is 5.04. The molecule has 0 aliphatic heterocycles. The average Bonchev–Trinajstić information content (AvgIpc) is 2.96. The molecule has 0 radical (unpaired) electrons. The number of hydrogen-bond acceptors (Lipinski definition) is 4. The lowest BCUT2D eigenvalue weighted by Gasteiger charge is -2.33. The minimum absolute atomic E-state index is 0.0762. The Labute approximate surface area is 235 Å². The number of benzene rings is 2. The predicted molar refractivity (Wildman–Crippen MR) is 153 cm³/mol. The monoisotopic (exact) mass is 544 g/mol. The third-order valence-corrected chi connectivity index (χ3v) is 7.22. The van der Waals surface area contributed by atoms with Crippen LogP contribution >= 0.6 is 0 Å². The Bertz CT molecular complexity index is 1260. The van der Waals surface area contributed by atoms with E-state index in [9.17, 15) is 18.8 Å². The van der Waals surface area contributed by atoms with Crippen molar-refractivity contribution in [2.75, 3.05) is 5.32 Å². The standard InChI is InChI=1S/C32H37FN4O3/c1-23-13-17-25(18-14-23)31(32(40)35-27-8-3-2-4-9-27)37(22-24-15-19-26(33)20-16-24)30(39)12-7-11-29(38)36-28-10-5-6-21-34-28/h5-6,10,13-21,27,31H,2-4,7-9,11-12,22H2,1H3,(H,35,40)(H,34,36,38)/t31-/m1/s1. The van der Waals surface area contributed by atoms with Gasteiger partial charge in [-0.25, -0.2) is 9.37 Å². The average molecular weight is 545 g/mol. The van der Waals surface area contributed by atoms with Gasteiger partial charge in [-0.3, -0.25) is 14.4 Å². The molecule has 1 fully saturated rings. The molecule has 8 heteroatoms. The lowest BCUT2D eigenvalue weighted by atomic mass is 9.94. The van der Waals surface area contributed by atoms with Crippen molar-refractivity contribution in [1.82, 2.24) is 15.2 Å². The molecule has 0 unspecified atom stereocenters. The molecule has 3 amide bonds. The van der Waals surface area contributed by atoms with Crippen molar-refractivity contribution < 1.29 is 18.8 Å². The summed E-state index contributed by atoms with van der Waals surface area (Å²) in [7, 11) is 0. The van der Waals surface area contributed by atoms with E-state index in [4.69, 9.17) is 0 Å². The first-order valence-electron chi connectivity index (χ1n) is 14.0. The van der Waals surface area contributed by atoms with Gasteiger partial charge in [0.2, 0.25) is 17.7 Å². The number of carbonyl (C=O) groups is 3. The van der Waals surface area contributed by atoms with Gasteiger partial charge < -0.3 is 15.5 Å². The molecular weight excluding hydrogens is 507 g/mol. The first kappa shape index (κ1) is 28.9. The van der Waals surface area contributed by atoms with Gasteiger partial charge in [-0.2, -0.15) is 0 Å². The van der Waals surface area contributed by atoms with E-state index in [2.05, 4.69) is 15.6 Å². The molecule has 2 N–H and O–H groups in total. The van der Waals surface area contributed by atoms with Crippen molar-refractivity contribution in [2.24, 2.45) is 0 Å². The lowest BCUT2D eigenvalue weighted by Crippen LogP contribution is -2.46. The number of pyridine rings is 1. The summed E-state index contributed by atoms with van der Waals surface area (Å²) >= 11 is 0. The van der Waals surface area contributed by atoms with E-state index < -0.39 is 6.04 Å². The Kier molecular flexibility index (Phi) is 10.4. The zero-order chi connectivity index (χ0) is 28.3. The number of nitrogens with one attached hydrogen (secondary N) is 2. The molecule has 2 aromatic carbocycles. The number of aromatic nitrogens is 1. The summed E-state index contributed by atoms with van der Waals surface area (Å²) in [6.07, 6.45) is 7.26. The highest BCUT2D eigenvalue weighted by molar-refractivity contribution is 5.91.